The highest BCUT2D eigenvalue weighted by atomic mass is 16.5. The number of ether oxygens (including phenoxy) is 2. The van der Waals surface area contributed by atoms with Crippen molar-refractivity contribution in [3.05, 3.63) is 53.6 Å². The number of aryl methyl sites for hydroxylation is 2. The molecule has 8 heteroatoms. The first-order valence-electron chi connectivity index (χ1n) is 13.3. The van der Waals surface area contributed by atoms with Crippen molar-refractivity contribution < 1.29 is 24.2 Å². The summed E-state index contributed by atoms with van der Waals surface area (Å²) < 4.78 is 13.6. The Morgan fingerprint density at radius 3 is 2.51 bits per heavy atom. The summed E-state index contributed by atoms with van der Waals surface area (Å²) in [4.78, 5) is 30.8. The fraction of sp³-hybridized carbons (Fsp3) is 0.483. The number of rotatable bonds is 7. The van der Waals surface area contributed by atoms with Crippen LogP contribution in [0.15, 0.2) is 42.5 Å². The quantitative estimate of drug-likeness (QED) is 0.410. The molecule has 0 saturated heterocycles. The number of benzene rings is 2. The molecule has 0 unspecified atom stereocenters. The number of carboxylic acid groups (broad SMARTS) is 1. The molecule has 1 atom stereocenters. The first-order chi connectivity index (χ1) is 18.0. The lowest BCUT2D eigenvalue weighted by Gasteiger charge is -2.34. The van der Waals surface area contributed by atoms with Crippen LogP contribution in [0.1, 0.15) is 62.6 Å². The van der Waals surface area contributed by atoms with Crippen LogP contribution >= 0.6 is 0 Å². The van der Waals surface area contributed by atoms with E-state index in [2.05, 4.69) is 16.7 Å². The highest BCUT2D eigenvalue weighted by Crippen LogP contribution is 2.42. The summed E-state index contributed by atoms with van der Waals surface area (Å²) in [6.07, 6.45) is 5.89. The minimum absolute atomic E-state index is 0.0412. The van der Waals surface area contributed by atoms with Gasteiger partial charge in [-0.05, 0) is 76.0 Å². The lowest BCUT2D eigenvalue weighted by atomic mass is 9.86. The van der Waals surface area contributed by atoms with Gasteiger partial charge in [-0.3, -0.25) is 14.3 Å². The van der Waals surface area contributed by atoms with Crippen LogP contribution < -0.4 is 9.64 Å². The molecule has 0 bridgehead atoms. The van der Waals surface area contributed by atoms with Crippen LogP contribution in [0.25, 0.3) is 11.0 Å². The van der Waals surface area contributed by atoms with Crippen LogP contribution in [0.4, 0.5) is 10.5 Å². The second-order valence-electron chi connectivity index (χ2n) is 10.2. The van der Waals surface area contributed by atoms with Crippen LogP contribution in [0.2, 0.25) is 0 Å². The van der Waals surface area contributed by atoms with E-state index in [1.165, 1.54) is 12.7 Å². The van der Waals surface area contributed by atoms with E-state index in [-0.39, 0.29) is 24.1 Å². The molecule has 196 valence electrons. The van der Waals surface area contributed by atoms with Crippen molar-refractivity contribution in [3.63, 3.8) is 0 Å². The Morgan fingerprint density at radius 1 is 1.05 bits per heavy atom. The van der Waals surface area contributed by atoms with Crippen molar-refractivity contribution in [1.82, 2.24) is 9.55 Å². The van der Waals surface area contributed by atoms with Crippen molar-refractivity contribution >= 4 is 28.8 Å². The maximum atomic E-state index is 12.6. The Labute approximate surface area is 217 Å². The van der Waals surface area contributed by atoms with Gasteiger partial charge in [0.2, 0.25) is 0 Å². The largest absolute Gasteiger partial charge is 0.481 e. The van der Waals surface area contributed by atoms with Gasteiger partial charge in [-0.2, -0.15) is 4.98 Å². The number of carbonyl (C=O) groups excluding carboxylic acids is 1. The fourth-order valence-electron chi connectivity index (χ4n) is 5.87. The zero-order valence-electron chi connectivity index (χ0n) is 21.6. The average Bonchev–Trinajstić information content (AvgIpc) is 3.29. The van der Waals surface area contributed by atoms with Crippen LogP contribution in [0, 0.1) is 5.92 Å². The zero-order valence-corrected chi connectivity index (χ0v) is 21.6. The average molecular weight is 506 g/mol. The molecule has 1 N–H and O–H groups in total. The molecular formula is C29H35N3O5. The van der Waals surface area contributed by atoms with E-state index in [9.17, 15) is 14.7 Å². The Hall–Kier alpha value is -3.55. The molecule has 3 aromatic rings. The molecule has 1 amide bonds. The number of amides is 1. The topological polar surface area (TPSA) is 93.9 Å². The molecule has 8 nitrogen and oxygen atoms in total. The summed E-state index contributed by atoms with van der Waals surface area (Å²) in [6, 6.07) is 15.1. The third kappa shape index (κ3) is 5.02. The maximum absolute atomic E-state index is 12.6. The van der Waals surface area contributed by atoms with E-state index >= 15 is 0 Å². The summed E-state index contributed by atoms with van der Waals surface area (Å²) >= 11 is 0. The molecule has 1 saturated carbocycles. The SMILES string of the molecule is COC(=O)N1c2ccc3c(nc(OCCCc4ccccc4)n3[C@H]3CC[C@H](C(=O)O)CC3)c2CC[C@@H]1C. The van der Waals surface area contributed by atoms with Gasteiger partial charge in [0.15, 0.2) is 0 Å². The molecular weight excluding hydrogens is 470 g/mol. The predicted molar refractivity (Wildman–Crippen MR) is 141 cm³/mol. The number of nitrogens with zero attached hydrogens (tertiary/aromatic N) is 3. The van der Waals surface area contributed by atoms with Gasteiger partial charge in [0.05, 0.1) is 36.4 Å². The molecule has 1 fully saturated rings. The van der Waals surface area contributed by atoms with Crippen molar-refractivity contribution in [2.24, 2.45) is 5.92 Å². The summed E-state index contributed by atoms with van der Waals surface area (Å²) in [6.45, 7) is 2.57. The van der Waals surface area contributed by atoms with Crippen LogP contribution in [0.5, 0.6) is 6.01 Å². The van der Waals surface area contributed by atoms with E-state index < -0.39 is 5.97 Å². The molecule has 2 heterocycles. The highest BCUT2D eigenvalue weighted by Gasteiger charge is 2.34. The highest BCUT2D eigenvalue weighted by molar-refractivity contribution is 5.95. The van der Waals surface area contributed by atoms with Crippen molar-refractivity contribution in [2.45, 2.75) is 70.4 Å². The monoisotopic (exact) mass is 505 g/mol. The van der Waals surface area contributed by atoms with Gasteiger partial charge >= 0.3 is 12.1 Å². The van der Waals surface area contributed by atoms with Crippen LogP contribution in [-0.4, -0.2) is 46.5 Å². The molecule has 37 heavy (non-hydrogen) atoms. The third-order valence-electron chi connectivity index (χ3n) is 7.89. The van der Waals surface area contributed by atoms with Gasteiger partial charge in [-0.25, -0.2) is 4.79 Å². The number of aromatic nitrogens is 2. The summed E-state index contributed by atoms with van der Waals surface area (Å²) in [5, 5.41) is 9.48. The zero-order chi connectivity index (χ0) is 25.9. The van der Waals surface area contributed by atoms with Crippen LogP contribution in [-0.2, 0) is 22.4 Å². The summed E-state index contributed by atoms with van der Waals surface area (Å²) in [5.41, 5.74) is 4.99. The minimum atomic E-state index is -0.711. The number of fused-ring (bicyclic) bond motifs is 3. The molecule has 5 rings (SSSR count). The Morgan fingerprint density at radius 2 is 1.81 bits per heavy atom. The maximum Gasteiger partial charge on any atom is 0.414 e. The first-order valence-corrected chi connectivity index (χ1v) is 13.3. The predicted octanol–water partition coefficient (Wildman–Crippen LogP) is 5.77. The molecule has 1 aromatic heterocycles. The number of imidazole rings is 1. The summed E-state index contributed by atoms with van der Waals surface area (Å²) in [5.74, 6) is -0.999. The first kappa shape index (κ1) is 25.1. The lowest BCUT2D eigenvalue weighted by molar-refractivity contribution is -0.143. The van der Waals surface area contributed by atoms with E-state index in [0.717, 1.165) is 60.8 Å². The van der Waals surface area contributed by atoms with Gasteiger partial charge in [0.25, 0.3) is 6.01 Å². The van der Waals surface area contributed by atoms with E-state index in [0.29, 0.717) is 25.5 Å². The normalized spacial score (nSPS) is 21.5. The van der Waals surface area contributed by atoms with Gasteiger partial charge in [0, 0.05) is 17.6 Å². The summed E-state index contributed by atoms with van der Waals surface area (Å²) in [7, 11) is 1.41. The Kier molecular flexibility index (Phi) is 7.35. The smallest absolute Gasteiger partial charge is 0.414 e. The standard InChI is InChI=1S/C29H35N3O5/c1-19-10-15-23-24(31(19)29(35)36-2)16-17-25-26(23)30-28(37-18-6-9-20-7-4-3-5-8-20)32(25)22-13-11-21(12-14-22)27(33)34/h3-5,7-8,16-17,19,21-22H,6,9-15,18H2,1-2H3,(H,33,34)/t19-,21-,22-/m0/s1. The number of aliphatic carboxylic acids is 1. The number of carboxylic acids is 1. The minimum Gasteiger partial charge on any atom is -0.481 e. The lowest BCUT2D eigenvalue weighted by Crippen LogP contribution is -2.42. The molecule has 2 aliphatic rings. The van der Waals surface area contributed by atoms with E-state index in [1.807, 2.05) is 37.3 Å². The van der Waals surface area contributed by atoms with Gasteiger partial charge in [-0.15, -0.1) is 0 Å². The number of methoxy groups -OCH3 is 1. The third-order valence-corrected chi connectivity index (χ3v) is 7.89. The van der Waals surface area contributed by atoms with E-state index in [1.54, 1.807) is 4.90 Å². The second kappa shape index (κ2) is 10.8. The van der Waals surface area contributed by atoms with Crippen molar-refractivity contribution in [3.8, 4) is 6.01 Å². The van der Waals surface area contributed by atoms with Crippen LogP contribution in [0.3, 0.4) is 0 Å². The second-order valence-corrected chi connectivity index (χ2v) is 10.2. The molecule has 0 radical (unpaired) electrons. The molecule has 2 aromatic carbocycles. The molecule has 1 aliphatic heterocycles. The molecule has 0 spiro atoms. The van der Waals surface area contributed by atoms with Gasteiger partial charge < -0.3 is 14.6 Å². The number of carbonyl (C=O) groups is 2. The van der Waals surface area contributed by atoms with Gasteiger partial charge in [-0.1, -0.05) is 30.3 Å². The van der Waals surface area contributed by atoms with Crippen molar-refractivity contribution in [1.29, 1.82) is 0 Å². The van der Waals surface area contributed by atoms with E-state index in [4.69, 9.17) is 14.5 Å². The van der Waals surface area contributed by atoms with Crippen molar-refractivity contribution in [2.75, 3.05) is 18.6 Å². The number of anilines is 1. The number of hydrogen-bond acceptors (Lipinski definition) is 5. The Balaban J connectivity index is 1.46. The fourth-order valence-corrected chi connectivity index (χ4v) is 5.87. The Bertz CT molecular complexity index is 1260. The van der Waals surface area contributed by atoms with Gasteiger partial charge in [0.1, 0.15) is 0 Å². The number of hydrogen-bond donors (Lipinski definition) is 1. The molecule has 1 aliphatic carbocycles.